The molecule has 0 saturated heterocycles. The lowest BCUT2D eigenvalue weighted by Gasteiger charge is -2.03. The van der Waals surface area contributed by atoms with Crippen molar-refractivity contribution in [2.75, 3.05) is 11.1 Å². The Labute approximate surface area is 75.7 Å². The summed E-state index contributed by atoms with van der Waals surface area (Å²) in [4.78, 5) is 21.1. The highest BCUT2D eigenvalue weighted by Gasteiger charge is 2.00. The smallest absolute Gasteiger partial charge is 0.221 e. The fourth-order valence-corrected chi connectivity index (χ4v) is 0.963. The molecule has 0 spiro atoms. The van der Waals surface area contributed by atoms with E-state index in [1.54, 1.807) is 18.2 Å². The minimum Gasteiger partial charge on any atom is -0.398 e. The van der Waals surface area contributed by atoms with Crippen LogP contribution >= 0.6 is 0 Å². The highest BCUT2D eigenvalue weighted by atomic mass is 16.1. The Kier molecular flexibility index (Phi) is 2.64. The lowest BCUT2D eigenvalue weighted by molar-refractivity contribution is -0.114. The number of nitrogens with two attached hydrogens (primary N) is 1. The van der Waals surface area contributed by atoms with Crippen LogP contribution in [0, 0.1) is 0 Å². The SMILES string of the molecule is CC(=O)Nc1ccc(C=O)c(N)c1. The molecule has 0 aromatic heterocycles. The van der Waals surface area contributed by atoms with Gasteiger partial charge < -0.3 is 11.1 Å². The van der Waals surface area contributed by atoms with Gasteiger partial charge in [0.05, 0.1) is 0 Å². The second-order valence-electron chi connectivity index (χ2n) is 2.64. The van der Waals surface area contributed by atoms with Crippen LogP contribution in [-0.2, 0) is 4.79 Å². The van der Waals surface area contributed by atoms with Gasteiger partial charge in [0.1, 0.15) is 0 Å². The van der Waals surface area contributed by atoms with E-state index in [0.29, 0.717) is 23.2 Å². The molecule has 0 unspecified atom stereocenters. The number of carbonyl (C=O) groups excluding carboxylic acids is 2. The van der Waals surface area contributed by atoms with Crippen LogP contribution in [0.5, 0.6) is 0 Å². The van der Waals surface area contributed by atoms with Gasteiger partial charge in [0, 0.05) is 23.9 Å². The number of carbonyl (C=O) groups is 2. The lowest BCUT2D eigenvalue weighted by Crippen LogP contribution is -2.06. The first kappa shape index (κ1) is 9.25. The zero-order valence-electron chi connectivity index (χ0n) is 7.20. The van der Waals surface area contributed by atoms with Crippen molar-refractivity contribution < 1.29 is 9.59 Å². The van der Waals surface area contributed by atoms with Crippen molar-refractivity contribution in [2.45, 2.75) is 6.92 Å². The van der Waals surface area contributed by atoms with E-state index < -0.39 is 0 Å². The summed E-state index contributed by atoms with van der Waals surface area (Å²) < 4.78 is 0. The molecular weight excluding hydrogens is 168 g/mol. The predicted octanol–water partition coefficient (Wildman–Crippen LogP) is 1.04. The summed E-state index contributed by atoms with van der Waals surface area (Å²) in [6.45, 7) is 1.41. The number of nitrogens with one attached hydrogen (secondary N) is 1. The molecule has 13 heavy (non-hydrogen) atoms. The summed E-state index contributed by atoms with van der Waals surface area (Å²) >= 11 is 0. The van der Waals surface area contributed by atoms with Crippen molar-refractivity contribution in [2.24, 2.45) is 0 Å². The third-order valence-electron chi connectivity index (χ3n) is 1.53. The Morgan fingerprint density at radius 3 is 2.69 bits per heavy atom. The van der Waals surface area contributed by atoms with Gasteiger partial charge in [-0.2, -0.15) is 0 Å². The number of anilines is 2. The molecule has 0 heterocycles. The molecule has 4 heteroatoms. The fraction of sp³-hybridized carbons (Fsp3) is 0.111. The maximum absolute atomic E-state index is 10.7. The molecule has 0 atom stereocenters. The van der Waals surface area contributed by atoms with Crippen LogP contribution in [0.4, 0.5) is 11.4 Å². The van der Waals surface area contributed by atoms with Gasteiger partial charge in [-0.25, -0.2) is 0 Å². The van der Waals surface area contributed by atoms with Crippen molar-refractivity contribution in [3.05, 3.63) is 23.8 Å². The van der Waals surface area contributed by atoms with Gasteiger partial charge in [0.25, 0.3) is 0 Å². The molecule has 1 rings (SSSR count). The second-order valence-corrected chi connectivity index (χ2v) is 2.64. The highest BCUT2D eigenvalue weighted by molar-refractivity contribution is 5.91. The summed E-state index contributed by atoms with van der Waals surface area (Å²) in [5.41, 5.74) is 6.91. The van der Waals surface area contributed by atoms with E-state index in [9.17, 15) is 9.59 Å². The van der Waals surface area contributed by atoms with Gasteiger partial charge in [-0.1, -0.05) is 0 Å². The molecule has 3 N–H and O–H groups in total. The maximum atomic E-state index is 10.7. The molecule has 0 aliphatic heterocycles. The van der Waals surface area contributed by atoms with Gasteiger partial charge in [-0.15, -0.1) is 0 Å². The summed E-state index contributed by atoms with van der Waals surface area (Å²) in [6.07, 6.45) is 0.673. The molecule has 0 radical (unpaired) electrons. The van der Waals surface area contributed by atoms with E-state index in [-0.39, 0.29) is 5.91 Å². The van der Waals surface area contributed by atoms with Crippen LogP contribution in [-0.4, -0.2) is 12.2 Å². The first-order chi connectivity index (χ1) is 6.13. The van der Waals surface area contributed by atoms with Gasteiger partial charge in [0.2, 0.25) is 5.91 Å². The number of rotatable bonds is 2. The number of nitrogen functional groups attached to an aromatic ring is 1. The first-order valence-electron chi connectivity index (χ1n) is 3.76. The van der Waals surface area contributed by atoms with E-state index in [1.165, 1.54) is 6.92 Å². The third kappa shape index (κ3) is 2.30. The molecule has 4 nitrogen and oxygen atoms in total. The second kappa shape index (κ2) is 3.71. The Balaban J connectivity index is 2.95. The van der Waals surface area contributed by atoms with Crippen LogP contribution in [0.3, 0.4) is 0 Å². The highest BCUT2D eigenvalue weighted by Crippen LogP contribution is 2.16. The van der Waals surface area contributed by atoms with Crippen LogP contribution in [0.1, 0.15) is 17.3 Å². The molecule has 0 saturated carbocycles. The van der Waals surface area contributed by atoms with Crippen molar-refractivity contribution in [3.63, 3.8) is 0 Å². The van der Waals surface area contributed by atoms with Crippen LogP contribution in [0.25, 0.3) is 0 Å². The van der Waals surface area contributed by atoms with Crippen molar-refractivity contribution in [3.8, 4) is 0 Å². The lowest BCUT2D eigenvalue weighted by atomic mass is 10.2. The van der Waals surface area contributed by atoms with E-state index in [1.807, 2.05) is 0 Å². The van der Waals surface area contributed by atoms with Crippen molar-refractivity contribution >= 4 is 23.6 Å². The maximum Gasteiger partial charge on any atom is 0.221 e. The number of aldehydes is 1. The van der Waals surface area contributed by atoms with Crippen molar-refractivity contribution in [1.29, 1.82) is 0 Å². The molecule has 1 aromatic carbocycles. The summed E-state index contributed by atoms with van der Waals surface area (Å²) in [7, 11) is 0. The molecule has 1 amide bonds. The summed E-state index contributed by atoms with van der Waals surface area (Å²) in [5.74, 6) is -0.168. The topological polar surface area (TPSA) is 72.2 Å². The van der Waals surface area contributed by atoms with Gasteiger partial charge in [-0.05, 0) is 18.2 Å². The van der Waals surface area contributed by atoms with Crippen LogP contribution in [0.15, 0.2) is 18.2 Å². The van der Waals surface area contributed by atoms with E-state index >= 15 is 0 Å². The summed E-state index contributed by atoms with van der Waals surface area (Å²) in [6, 6.07) is 4.74. The fourth-order valence-electron chi connectivity index (χ4n) is 0.963. The van der Waals surface area contributed by atoms with E-state index in [2.05, 4.69) is 5.32 Å². The first-order valence-corrected chi connectivity index (χ1v) is 3.76. The average Bonchev–Trinajstić information content (AvgIpc) is 2.03. The molecular formula is C9H10N2O2. The van der Waals surface area contributed by atoms with Gasteiger partial charge >= 0.3 is 0 Å². The molecule has 0 fully saturated rings. The third-order valence-corrected chi connectivity index (χ3v) is 1.53. The minimum absolute atomic E-state index is 0.168. The number of hydrogen-bond donors (Lipinski definition) is 2. The number of hydrogen-bond acceptors (Lipinski definition) is 3. The number of amides is 1. The monoisotopic (exact) mass is 178 g/mol. The van der Waals surface area contributed by atoms with Crippen LogP contribution < -0.4 is 11.1 Å². The Morgan fingerprint density at radius 1 is 1.54 bits per heavy atom. The Hall–Kier alpha value is -1.84. The standard InChI is InChI=1S/C9H10N2O2/c1-6(13)11-8-3-2-7(5-12)9(10)4-8/h2-5H,10H2,1H3,(H,11,13). The zero-order chi connectivity index (χ0) is 9.84. The average molecular weight is 178 g/mol. The van der Waals surface area contributed by atoms with Gasteiger partial charge in [0.15, 0.2) is 6.29 Å². The largest absolute Gasteiger partial charge is 0.398 e. The Morgan fingerprint density at radius 2 is 2.23 bits per heavy atom. The van der Waals surface area contributed by atoms with E-state index in [4.69, 9.17) is 5.73 Å². The van der Waals surface area contributed by atoms with Crippen LogP contribution in [0.2, 0.25) is 0 Å². The quantitative estimate of drug-likeness (QED) is 0.525. The normalized spacial score (nSPS) is 9.31. The Bertz CT molecular complexity index is 347. The molecule has 1 aromatic rings. The molecule has 0 aliphatic rings. The summed E-state index contributed by atoms with van der Waals surface area (Å²) in [5, 5.41) is 2.56. The van der Waals surface area contributed by atoms with E-state index in [0.717, 1.165) is 0 Å². The molecule has 68 valence electrons. The van der Waals surface area contributed by atoms with Crippen molar-refractivity contribution in [1.82, 2.24) is 0 Å². The number of benzene rings is 1. The molecule has 0 aliphatic carbocycles. The molecule has 0 bridgehead atoms. The zero-order valence-corrected chi connectivity index (χ0v) is 7.20. The predicted molar refractivity (Wildman–Crippen MR) is 50.5 cm³/mol. The minimum atomic E-state index is -0.168. The van der Waals surface area contributed by atoms with Gasteiger partial charge in [-0.3, -0.25) is 9.59 Å².